The summed E-state index contributed by atoms with van der Waals surface area (Å²) in [5.74, 6) is 0. The van der Waals surface area contributed by atoms with Crippen LogP contribution in [0.15, 0.2) is 53.9 Å². The first-order chi connectivity index (χ1) is 11.0. The second kappa shape index (κ2) is 5.98. The minimum atomic E-state index is 0.162. The molecular formula is C20H18N2S. The van der Waals surface area contributed by atoms with E-state index in [1.165, 1.54) is 5.56 Å². The van der Waals surface area contributed by atoms with E-state index in [4.69, 9.17) is 10.2 Å². The van der Waals surface area contributed by atoms with Gasteiger partial charge in [-0.05, 0) is 23.1 Å². The standard InChI is InChI=1S/C20H18N2S/c1-20(2,3)17-10-8-16(9-11-17)19-22-18(13-23-19)15-6-4-14(12-21)5-7-15/h4-11,13H,1-3H3. The maximum atomic E-state index is 8.87. The Kier molecular flexibility index (Phi) is 4.02. The predicted octanol–water partition coefficient (Wildman–Crippen LogP) is 5.65. The fourth-order valence-electron chi connectivity index (χ4n) is 2.37. The molecule has 0 unspecified atom stereocenters. The lowest BCUT2D eigenvalue weighted by Crippen LogP contribution is -2.10. The van der Waals surface area contributed by atoms with Gasteiger partial charge in [0, 0.05) is 16.5 Å². The summed E-state index contributed by atoms with van der Waals surface area (Å²) in [4.78, 5) is 4.73. The molecule has 0 amide bonds. The Balaban J connectivity index is 1.88. The molecule has 3 aromatic rings. The summed E-state index contributed by atoms with van der Waals surface area (Å²) in [5, 5.41) is 12.0. The van der Waals surface area contributed by atoms with Crippen LogP contribution >= 0.6 is 11.3 Å². The van der Waals surface area contributed by atoms with Gasteiger partial charge in [0.25, 0.3) is 0 Å². The third-order valence-electron chi connectivity index (χ3n) is 3.81. The highest BCUT2D eigenvalue weighted by molar-refractivity contribution is 7.13. The van der Waals surface area contributed by atoms with Crippen LogP contribution in [-0.2, 0) is 5.41 Å². The van der Waals surface area contributed by atoms with Gasteiger partial charge in [0.1, 0.15) is 5.01 Å². The summed E-state index contributed by atoms with van der Waals surface area (Å²) in [6.07, 6.45) is 0. The van der Waals surface area contributed by atoms with Crippen molar-refractivity contribution >= 4 is 11.3 Å². The van der Waals surface area contributed by atoms with Crippen LogP contribution in [0.3, 0.4) is 0 Å². The topological polar surface area (TPSA) is 36.7 Å². The van der Waals surface area contributed by atoms with Crippen molar-refractivity contribution in [1.29, 1.82) is 5.26 Å². The van der Waals surface area contributed by atoms with E-state index < -0.39 is 0 Å². The monoisotopic (exact) mass is 318 g/mol. The third kappa shape index (κ3) is 3.33. The summed E-state index contributed by atoms with van der Waals surface area (Å²) >= 11 is 1.64. The zero-order valence-electron chi connectivity index (χ0n) is 13.5. The van der Waals surface area contributed by atoms with Crippen LogP contribution in [0.2, 0.25) is 0 Å². The summed E-state index contributed by atoms with van der Waals surface area (Å²) in [5.41, 5.74) is 5.29. The van der Waals surface area contributed by atoms with Gasteiger partial charge in [-0.15, -0.1) is 11.3 Å². The van der Waals surface area contributed by atoms with Gasteiger partial charge in [0.15, 0.2) is 0 Å². The first-order valence-electron chi connectivity index (χ1n) is 7.54. The molecule has 2 nitrogen and oxygen atoms in total. The average molecular weight is 318 g/mol. The Bertz CT molecular complexity index is 844. The van der Waals surface area contributed by atoms with Gasteiger partial charge in [-0.25, -0.2) is 4.98 Å². The number of hydrogen-bond donors (Lipinski definition) is 0. The number of nitrogens with zero attached hydrogens (tertiary/aromatic N) is 2. The molecule has 1 heterocycles. The van der Waals surface area contributed by atoms with Crippen molar-refractivity contribution in [1.82, 2.24) is 4.98 Å². The van der Waals surface area contributed by atoms with E-state index in [-0.39, 0.29) is 5.41 Å². The number of thiazole rings is 1. The molecule has 0 N–H and O–H groups in total. The Labute approximate surface area is 141 Å². The molecule has 0 spiro atoms. The molecule has 3 rings (SSSR count). The molecule has 0 radical (unpaired) electrons. The largest absolute Gasteiger partial charge is 0.236 e. The van der Waals surface area contributed by atoms with Crippen LogP contribution in [-0.4, -0.2) is 4.98 Å². The molecule has 3 heteroatoms. The molecule has 2 aromatic carbocycles. The van der Waals surface area contributed by atoms with Crippen molar-refractivity contribution in [2.24, 2.45) is 0 Å². The number of aromatic nitrogens is 1. The summed E-state index contributed by atoms with van der Waals surface area (Å²) in [6, 6.07) is 18.3. The number of benzene rings is 2. The van der Waals surface area contributed by atoms with E-state index in [1.54, 1.807) is 11.3 Å². The van der Waals surface area contributed by atoms with Gasteiger partial charge in [0.2, 0.25) is 0 Å². The zero-order valence-corrected chi connectivity index (χ0v) is 14.3. The summed E-state index contributed by atoms with van der Waals surface area (Å²) in [7, 11) is 0. The van der Waals surface area contributed by atoms with Crippen LogP contribution < -0.4 is 0 Å². The highest BCUT2D eigenvalue weighted by Gasteiger charge is 2.14. The van der Waals surface area contributed by atoms with Crippen molar-refractivity contribution in [2.75, 3.05) is 0 Å². The minimum Gasteiger partial charge on any atom is -0.236 e. The molecule has 0 aliphatic rings. The van der Waals surface area contributed by atoms with E-state index in [1.807, 2.05) is 24.3 Å². The molecule has 0 bridgehead atoms. The number of nitriles is 1. The highest BCUT2D eigenvalue weighted by atomic mass is 32.1. The van der Waals surface area contributed by atoms with Crippen LogP contribution in [0, 0.1) is 11.3 Å². The lowest BCUT2D eigenvalue weighted by atomic mass is 9.87. The molecule has 114 valence electrons. The van der Waals surface area contributed by atoms with Crippen LogP contribution in [0.1, 0.15) is 31.9 Å². The zero-order chi connectivity index (χ0) is 16.4. The van der Waals surface area contributed by atoms with E-state index >= 15 is 0 Å². The molecular weight excluding hydrogens is 300 g/mol. The van der Waals surface area contributed by atoms with E-state index in [2.05, 4.69) is 56.5 Å². The number of rotatable bonds is 2. The summed E-state index contributed by atoms with van der Waals surface area (Å²) in [6.45, 7) is 6.65. The fraction of sp³-hybridized carbons (Fsp3) is 0.200. The van der Waals surface area contributed by atoms with E-state index in [0.717, 1.165) is 21.8 Å². The summed E-state index contributed by atoms with van der Waals surface area (Å²) < 4.78 is 0. The lowest BCUT2D eigenvalue weighted by Gasteiger charge is -2.18. The van der Waals surface area contributed by atoms with Gasteiger partial charge in [0.05, 0.1) is 17.3 Å². The molecule has 0 saturated heterocycles. The molecule has 23 heavy (non-hydrogen) atoms. The maximum absolute atomic E-state index is 8.87. The normalized spacial score (nSPS) is 11.2. The van der Waals surface area contributed by atoms with Crippen molar-refractivity contribution in [3.05, 3.63) is 65.0 Å². The first-order valence-corrected chi connectivity index (χ1v) is 8.42. The quantitative estimate of drug-likeness (QED) is 0.612. The van der Waals surface area contributed by atoms with Crippen molar-refractivity contribution in [2.45, 2.75) is 26.2 Å². The second-order valence-electron chi connectivity index (χ2n) is 6.55. The Morgan fingerprint density at radius 1 is 0.913 bits per heavy atom. The van der Waals surface area contributed by atoms with Crippen molar-refractivity contribution < 1.29 is 0 Å². The van der Waals surface area contributed by atoms with Gasteiger partial charge in [-0.3, -0.25) is 0 Å². The molecule has 0 aliphatic carbocycles. The lowest BCUT2D eigenvalue weighted by molar-refractivity contribution is 0.590. The van der Waals surface area contributed by atoms with Gasteiger partial charge >= 0.3 is 0 Å². The third-order valence-corrected chi connectivity index (χ3v) is 4.70. The SMILES string of the molecule is CC(C)(C)c1ccc(-c2nc(-c3ccc(C#N)cc3)cs2)cc1. The van der Waals surface area contributed by atoms with Crippen molar-refractivity contribution in [3.8, 4) is 27.9 Å². The van der Waals surface area contributed by atoms with Gasteiger partial charge < -0.3 is 0 Å². The van der Waals surface area contributed by atoms with Crippen LogP contribution in [0.4, 0.5) is 0 Å². The predicted molar refractivity (Wildman–Crippen MR) is 96.4 cm³/mol. The first kappa shape index (κ1) is 15.5. The maximum Gasteiger partial charge on any atom is 0.124 e. The highest BCUT2D eigenvalue weighted by Crippen LogP contribution is 2.30. The van der Waals surface area contributed by atoms with Gasteiger partial charge in [-0.2, -0.15) is 5.26 Å². The van der Waals surface area contributed by atoms with Crippen molar-refractivity contribution in [3.63, 3.8) is 0 Å². The molecule has 0 atom stereocenters. The molecule has 1 aromatic heterocycles. The fourth-order valence-corrected chi connectivity index (χ4v) is 3.20. The van der Waals surface area contributed by atoms with E-state index in [9.17, 15) is 0 Å². The minimum absolute atomic E-state index is 0.162. The molecule has 0 fully saturated rings. The smallest absolute Gasteiger partial charge is 0.124 e. The Hall–Kier alpha value is -2.44. The Morgan fingerprint density at radius 2 is 1.52 bits per heavy atom. The van der Waals surface area contributed by atoms with E-state index in [0.29, 0.717) is 5.56 Å². The average Bonchev–Trinajstić information content (AvgIpc) is 3.04. The van der Waals surface area contributed by atoms with Crippen LogP contribution in [0.5, 0.6) is 0 Å². The van der Waals surface area contributed by atoms with Crippen LogP contribution in [0.25, 0.3) is 21.8 Å². The number of hydrogen-bond acceptors (Lipinski definition) is 3. The van der Waals surface area contributed by atoms with Gasteiger partial charge in [-0.1, -0.05) is 57.2 Å². The Morgan fingerprint density at radius 3 is 2.09 bits per heavy atom. The molecule has 0 aliphatic heterocycles. The second-order valence-corrected chi connectivity index (χ2v) is 7.41. The molecule has 0 saturated carbocycles.